The van der Waals surface area contributed by atoms with Crippen LogP contribution in [0.2, 0.25) is 0 Å². The van der Waals surface area contributed by atoms with Crippen molar-refractivity contribution in [3.63, 3.8) is 0 Å². The molecule has 6 nitrogen and oxygen atoms in total. The minimum atomic E-state index is -0.137. The lowest BCUT2D eigenvalue weighted by molar-refractivity contribution is 0.0515. The van der Waals surface area contributed by atoms with E-state index in [-0.39, 0.29) is 11.8 Å². The number of nitrogens with zero attached hydrogens (tertiary/aromatic N) is 3. The normalized spacial score (nSPS) is 14.4. The summed E-state index contributed by atoms with van der Waals surface area (Å²) in [6.07, 6.45) is 1.49. The Hall–Kier alpha value is -2.93. The number of furan rings is 1. The Kier molecular flexibility index (Phi) is 4.77. The number of rotatable bonds is 3. The average molecular weight is 381 g/mol. The van der Waals surface area contributed by atoms with Gasteiger partial charge in [-0.25, -0.2) is 4.98 Å². The molecule has 0 N–H and O–H groups in total. The van der Waals surface area contributed by atoms with E-state index in [9.17, 15) is 9.59 Å². The zero-order chi connectivity index (χ0) is 18.8. The molecule has 0 radical (unpaired) electrons. The third-order valence-electron chi connectivity index (χ3n) is 4.61. The van der Waals surface area contributed by atoms with Gasteiger partial charge in [-0.15, -0.1) is 11.3 Å². The predicted octanol–water partition coefficient (Wildman–Crippen LogP) is 3.31. The summed E-state index contributed by atoms with van der Waals surface area (Å²) in [5, 5.41) is 2.64. The van der Waals surface area contributed by atoms with Crippen LogP contribution in [-0.2, 0) is 0 Å². The van der Waals surface area contributed by atoms with Gasteiger partial charge in [0.2, 0.25) is 0 Å². The van der Waals surface area contributed by atoms with Crippen LogP contribution in [0, 0.1) is 6.92 Å². The van der Waals surface area contributed by atoms with E-state index >= 15 is 0 Å². The van der Waals surface area contributed by atoms with Gasteiger partial charge in [-0.05, 0) is 19.1 Å². The number of aryl methyl sites for hydroxylation is 1. The Bertz CT molecular complexity index is 939. The van der Waals surface area contributed by atoms with Crippen LogP contribution in [0.5, 0.6) is 0 Å². The monoisotopic (exact) mass is 381 g/mol. The molecular weight excluding hydrogens is 362 g/mol. The fourth-order valence-corrected chi connectivity index (χ4v) is 3.83. The van der Waals surface area contributed by atoms with Gasteiger partial charge in [0.15, 0.2) is 5.76 Å². The first-order chi connectivity index (χ1) is 13.1. The second-order valence-electron chi connectivity index (χ2n) is 6.47. The third kappa shape index (κ3) is 3.64. The number of carbonyl (C=O) groups is 2. The maximum Gasteiger partial charge on any atom is 0.289 e. The van der Waals surface area contributed by atoms with Crippen molar-refractivity contribution in [2.75, 3.05) is 26.2 Å². The second-order valence-corrected chi connectivity index (χ2v) is 7.32. The molecule has 0 atom stereocenters. The van der Waals surface area contributed by atoms with Crippen molar-refractivity contribution in [3.8, 4) is 10.6 Å². The first-order valence-electron chi connectivity index (χ1n) is 8.76. The standard InChI is InChI=1S/C20H19N3O3S/c1-14-4-6-15(7-5-14)18-21-16(13-27-18)19(24)22-8-10-23(11-9-22)20(25)17-3-2-12-26-17/h2-7,12-13H,8-11H2,1H3. The van der Waals surface area contributed by atoms with Crippen LogP contribution in [0.3, 0.4) is 0 Å². The summed E-state index contributed by atoms with van der Waals surface area (Å²) >= 11 is 1.47. The summed E-state index contributed by atoms with van der Waals surface area (Å²) in [7, 11) is 0. The summed E-state index contributed by atoms with van der Waals surface area (Å²) in [5.41, 5.74) is 2.66. The highest BCUT2D eigenvalue weighted by Gasteiger charge is 2.27. The van der Waals surface area contributed by atoms with E-state index in [1.165, 1.54) is 23.2 Å². The molecule has 27 heavy (non-hydrogen) atoms. The fourth-order valence-electron chi connectivity index (χ4n) is 3.03. The molecular formula is C20H19N3O3S. The summed E-state index contributed by atoms with van der Waals surface area (Å²) < 4.78 is 5.16. The number of hydrogen-bond donors (Lipinski definition) is 0. The van der Waals surface area contributed by atoms with Gasteiger partial charge in [0.1, 0.15) is 10.7 Å². The van der Waals surface area contributed by atoms with E-state index in [0.29, 0.717) is 37.6 Å². The smallest absolute Gasteiger partial charge is 0.289 e. The van der Waals surface area contributed by atoms with Crippen molar-refractivity contribution in [2.24, 2.45) is 0 Å². The second kappa shape index (κ2) is 7.36. The Morgan fingerprint density at radius 1 is 1.00 bits per heavy atom. The molecule has 1 saturated heterocycles. The first kappa shape index (κ1) is 17.5. The number of hydrogen-bond acceptors (Lipinski definition) is 5. The van der Waals surface area contributed by atoms with Crippen LogP contribution >= 0.6 is 11.3 Å². The summed E-state index contributed by atoms with van der Waals surface area (Å²) in [6, 6.07) is 11.5. The number of carbonyl (C=O) groups excluding carboxylic acids is 2. The number of thiazole rings is 1. The van der Waals surface area contributed by atoms with Crippen molar-refractivity contribution < 1.29 is 14.0 Å². The Balaban J connectivity index is 1.40. The van der Waals surface area contributed by atoms with Gasteiger partial charge in [0.05, 0.1) is 6.26 Å². The molecule has 138 valence electrons. The summed E-state index contributed by atoms with van der Waals surface area (Å²) in [6.45, 7) is 3.99. The SMILES string of the molecule is Cc1ccc(-c2nc(C(=O)N3CCN(C(=O)c4ccco4)CC3)cs2)cc1. The van der Waals surface area contributed by atoms with Crippen LogP contribution in [0.4, 0.5) is 0 Å². The van der Waals surface area contributed by atoms with Gasteiger partial charge in [-0.2, -0.15) is 0 Å². The quantitative estimate of drug-likeness (QED) is 0.698. The van der Waals surface area contributed by atoms with Crippen LogP contribution in [0.25, 0.3) is 10.6 Å². The third-order valence-corrected chi connectivity index (χ3v) is 5.50. The molecule has 4 rings (SSSR count). The van der Waals surface area contributed by atoms with Crippen LogP contribution in [0.15, 0.2) is 52.5 Å². The molecule has 1 aliphatic rings. The topological polar surface area (TPSA) is 66.7 Å². The first-order valence-corrected chi connectivity index (χ1v) is 9.64. The van der Waals surface area contributed by atoms with Crippen molar-refractivity contribution in [2.45, 2.75) is 6.92 Å². The van der Waals surface area contributed by atoms with E-state index in [4.69, 9.17) is 4.42 Å². The molecule has 7 heteroatoms. The van der Waals surface area contributed by atoms with Crippen LogP contribution in [0.1, 0.15) is 26.6 Å². The number of amides is 2. The molecule has 2 aromatic heterocycles. The average Bonchev–Trinajstić information content (AvgIpc) is 3.40. The minimum absolute atomic E-state index is 0.0882. The van der Waals surface area contributed by atoms with E-state index in [1.54, 1.807) is 27.3 Å². The molecule has 1 aliphatic heterocycles. The lowest BCUT2D eigenvalue weighted by atomic mass is 10.2. The van der Waals surface area contributed by atoms with Crippen molar-refractivity contribution in [3.05, 3.63) is 65.1 Å². The molecule has 0 unspecified atom stereocenters. The number of benzene rings is 1. The molecule has 1 aromatic carbocycles. The van der Waals surface area contributed by atoms with Crippen LogP contribution < -0.4 is 0 Å². The van der Waals surface area contributed by atoms with E-state index < -0.39 is 0 Å². The maximum absolute atomic E-state index is 12.8. The Morgan fingerprint density at radius 2 is 1.67 bits per heavy atom. The molecule has 3 heterocycles. The van der Waals surface area contributed by atoms with Crippen molar-refractivity contribution in [1.82, 2.24) is 14.8 Å². The minimum Gasteiger partial charge on any atom is -0.459 e. The molecule has 3 aromatic rings. The fraction of sp³-hybridized carbons (Fsp3) is 0.250. The van der Waals surface area contributed by atoms with Gasteiger partial charge in [-0.3, -0.25) is 9.59 Å². The lowest BCUT2D eigenvalue weighted by Crippen LogP contribution is -2.50. The van der Waals surface area contributed by atoms with Crippen molar-refractivity contribution in [1.29, 1.82) is 0 Å². The van der Waals surface area contributed by atoms with Gasteiger partial charge >= 0.3 is 0 Å². The molecule has 1 fully saturated rings. The van der Waals surface area contributed by atoms with E-state index in [1.807, 2.05) is 31.2 Å². The van der Waals surface area contributed by atoms with Crippen LogP contribution in [-0.4, -0.2) is 52.8 Å². The molecule has 2 amide bonds. The zero-order valence-corrected chi connectivity index (χ0v) is 15.7. The highest BCUT2D eigenvalue weighted by Crippen LogP contribution is 2.25. The Morgan fingerprint density at radius 3 is 2.30 bits per heavy atom. The maximum atomic E-state index is 12.8. The van der Waals surface area contributed by atoms with Crippen molar-refractivity contribution >= 4 is 23.2 Å². The molecule has 0 spiro atoms. The predicted molar refractivity (Wildman–Crippen MR) is 103 cm³/mol. The van der Waals surface area contributed by atoms with Gasteiger partial charge in [0, 0.05) is 37.1 Å². The summed E-state index contributed by atoms with van der Waals surface area (Å²) in [4.78, 5) is 33.0. The molecule has 0 aliphatic carbocycles. The molecule has 0 bridgehead atoms. The zero-order valence-electron chi connectivity index (χ0n) is 14.9. The van der Waals surface area contributed by atoms with Gasteiger partial charge in [0.25, 0.3) is 11.8 Å². The van der Waals surface area contributed by atoms with E-state index in [0.717, 1.165) is 10.6 Å². The highest BCUT2D eigenvalue weighted by molar-refractivity contribution is 7.13. The lowest BCUT2D eigenvalue weighted by Gasteiger charge is -2.34. The van der Waals surface area contributed by atoms with Gasteiger partial charge in [-0.1, -0.05) is 29.8 Å². The largest absolute Gasteiger partial charge is 0.459 e. The molecule has 0 saturated carbocycles. The van der Waals surface area contributed by atoms with Gasteiger partial charge < -0.3 is 14.2 Å². The number of piperazine rings is 1. The highest BCUT2D eigenvalue weighted by atomic mass is 32.1. The van der Waals surface area contributed by atoms with E-state index in [2.05, 4.69) is 4.98 Å². The number of aromatic nitrogens is 1. The Labute approximate surface area is 161 Å². The summed E-state index contributed by atoms with van der Waals surface area (Å²) in [5.74, 6) is 0.106.